The molecular weight excluding hydrogens is 262 g/mol. The maximum absolute atomic E-state index is 12.2. The van der Waals surface area contributed by atoms with Crippen molar-refractivity contribution < 1.29 is 14.7 Å². The minimum absolute atomic E-state index is 0.0276. The molecule has 2 aromatic rings. The number of nitrogens with zero attached hydrogens (tertiary/aromatic N) is 4. The van der Waals surface area contributed by atoms with Crippen LogP contribution in [0.3, 0.4) is 0 Å². The van der Waals surface area contributed by atoms with Crippen LogP contribution in [0, 0.1) is 12.8 Å². The van der Waals surface area contributed by atoms with Crippen molar-refractivity contribution in [2.45, 2.75) is 25.8 Å². The van der Waals surface area contributed by atoms with Crippen LogP contribution in [-0.2, 0) is 4.79 Å². The number of aromatic nitrogens is 4. The fourth-order valence-corrected chi connectivity index (χ4v) is 2.14. The largest absolute Gasteiger partial charge is 0.480 e. The molecule has 20 heavy (non-hydrogen) atoms. The van der Waals surface area contributed by atoms with Crippen molar-refractivity contribution in [2.24, 2.45) is 5.92 Å². The summed E-state index contributed by atoms with van der Waals surface area (Å²) in [5, 5.41) is 15.7. The predicted molar refractivity (Wildman–Crippen MR) is 67.1 cm³/mol. The summed E-state index contributed by atoms with van der Waals surface area (Å²) in [6.45, 7) is 1.71. The Morgan fingerprint density at radius 2 is 2.20 bits per heavy atom. The van der Waals surface area contributed by atoms with Crippen LogP contribution in [0.15, 0.2) is 12.5 Å². The summed E-state index contributed by atoms with van der Waals surface area (Å²) in [6, 6.07) is -0.839. The van der Waals surface area contributed by atoms with Gasteiger partial charge in [0.25, 0.3) is 11.7 Å². The molecule has 2 aromatic heterocycles. The number of fused-ring (bicyclic) bond motifs is 1. The van der Waals surface area contributed by atoms with Gasteiger partial charge in [-0.05, 0) is 25.7 Å². The van der Waals surface area contributed by atoms with Crippen molar-refractivity contribution in [1.82, 2.24) is 24.9 Å². The van der Waals surface area contributed by atoms with Crippen LogP contribution in [0.4, 0.5) is 0 Å². The molecule has 1 aliphatic carbocycles. The number of hydrogen-bond acceptors (Lipinski definition) is 5. The topological polar surface area (TPSA) is 109 Å². The van der Waals surface area contributed by atoms with Gasteiger partial charge in [0, 0.05) is 6.20 Å². The lowest BCUT2D eigenvalue weighted by atomic mass is 10.1. The molecule has 2 N–H and O–H groups in total. The summed E-state index contributed by atoms with van der Waals surface area (Å²) >= 11 is 0. The summed E-state index contributed by atoms with van der Waals surface area (Å²) in [5.74, 6) is -1.03. The van der Waals surface area contributed by atoms with E-state index in [0.717, 1.165) is 12.8 Å². The van der Waals surface area contributed by atoms with Gasteiger partial charge in [-0.15, -0.1) is 0 Å². The Morgan fingerprint density at radius 3 is 2.85 bits per heavy atom. The molecule has 0 bridgehead atoms. The molecule has 0 aromatic carbocycles. The Labute approximate surface area is 113 Å². The number of aliphatic carboxylic acids is 1. The lowest BCUT2D eigenvalue weighted by Crippen LogP contribution is -2.42. The van der Waals surface area contributed by atoms with Crippen LogP contribution in [0.2, 0.25) is 0 Å². The van der Waals surface area contributed by atoms with Gasteiger partial charge in [-0.2, -0.15) is 10.1 Å². The van der Waals surface area contributed by atoms with Gasteiger partial charge in [0.05, 0.1) is 11.3 Å². The van der Waals surface area contributed by atoms with Gasteiger partial charge in [0.15, 0.2) is 0 Å². The van der Waals surface area contributed by atoms with Crippen LogP contribution >= 0.6 is 0 Å². The predicted octanol–water partition coefficient (Wildman–Crippen LogP) is 0.0257. The number of rotatable bonds is 4. The van der Waals surface area contributed by atoms with Crippen molar-refractivity contribution in [1.29, 1.82) is 0 Å². The van der Waals surface area contributed by atoms with Crippen LogP contribution < -0.4 is 5.32 Å². The first kappa shape index (κ1) is 12.5. The first-order valence-corrected chi connectivity index (χ1v) is 6.27. The molecule has 1 amide bonds. The van der Waals surface area contributed by atoms with E-state index in [1.165, 1.54) is 17.0 Å². The third-order valence-electron chi connectivity index (χ3n) is 3.44. The molecule has 1 saturated carbocycles. The van der Waals surface area contributed by atoms with E-state index in [9.17, 15) is 9.59 Å². The second-order valence-corrected chi connectivity index (χ2v) is 4.86. The van der Waals surface area contributed by atoms with E-state index < -0.39 is 17.9 Å². The summed E-state index contributed by atoms with van der Waals surface area (Å²) in [4.78, 5) is 31.3. The van der Waals surface area contributed by atoms with E-state index >= 15 is 0 Å². The molecule has 1 atom stereocenters. The third-order valence-corrected chi connectivity index (χ3v) is 3.44. The number of aryl methyl sites for hydroxylation is 1. The number of carbonyl (C=O) groups excluding carboxylic acids is 1. The molecule has 0 aliphatic heterocycles. The number of amides is 1. The normalized spacial score (nSPS) is 16.1. The highest BCUT2D eigenvalue weighted by Gasteiger charge is 2.37. The van der Waals surface area contributed by atoms with E-state index in [4.69, 9.17) is 5.11 Å². The van der Waals surface area contributed by atoms with Gasteiger partial charge in [0.1, 0.15) is 12.4 Å². The van der Waals surface area contributed by atoms with E-state index in [1.807, 2.05) is 0 Å². The fraction of sp³-hybridized carbons (Fsp3) is 0.417. The average molecular weight is 275 g/mol. The lowest BCUT2D eigenvalue weighted by molar-refractivity contribution is -0.139. The van der Waals surface area contributed by atoms with Gasteiger partial charge < -0.3 is 10.4 Å². The molecule has 1 aliphatic rings. The Kier molecular flexibility index (Phi) is 2.85. The van der Waals surface area contributed by atoms with Gasteiger partial charge >= 0.3 is 5.97 Å². The first-order valence-electron chi connectivity index (χ1n) is 6.27. The zero-order chi connectivity index (χ0) is 14.3. The summed E-state index contributed by atoms with van der Waals surface area (Å²) < 4.78 is 1.45. The molecule has 1 unspecified atom stereocenters. The van der Waals surface area contributed by atoms with E-state index in [1.54, 1.807) is 6.92 Å². The maximum Gasteiger partial charge on any atom is 0.326 e. The molecule has 104 valence electrons. The van der Waals surface area contributed by atoms with Gasteiger partial charge in [-0.1, -0.05) is 0 Å². The summed E-state index contributed by atoms with van der Waals surface area (Å²) in [7, 11) is 0. The van der Waals surface area contributed by atoms with Crippen molar-refractivity contribution >= 4 is 17.7 Å². The SMILES string of the molecule is Cc1c(C(=O)NC(C(=O)O)C2CC2)cnc2ncnn12. The Balaban J connectivity index is 1.88. The number of nitrogens with one attached hydrogen (secondary N) is 1. The third kappa shape index (κ3) is 2.09. The van der Waals surface area contributed by atoms with Crippen molar-refractivity contribution in [3.63, 3.8) is 0 Å². The smallest absolute Gasteiger partial charge is 0.326 e. The monoisotopic (exact) mass is 275 g/mol. The van der Waals surface area contributed by atoms with E-state index in [0.29, 0.717) is 17.0 Å². The van der Waals surface area contributed by atoms with Gasteiger partial charge in [-0.25, -0.2) is 14.3 Å². The molecule has 0 radical (unpaired) electrons. The van der Waals surface area contributed by atoms with E-state index in [-0.39, 0.29) is 5.92 Å². The lowest BCUT2D eigenvalue weighted by Gasteiger charge is -2.14. The fourth-order valence-electron chi connectivity index (χ4n) is 2.14. The van der Waals surface area contributed by atoms with Gasteiger partial charge in [0.2, 0.25) is 0 Å². The Morgan fingerprint density at radius 1 is 1.45 bits per heavy atom. The molecule has 3 rings (SSSR count). The van der Waals surface area contributed by atoms with Crippen LogP contribution in [0.25, 0.3) is 5.78 Å². The second-order valence-electron chi connectivity index (χ2n) is 4.86. The quantitative estimate of drug-likeness (QED) is 0.814. The molecule has 8 nitrogen and oxygen atoms in total. The minimum Gasteiger partial charge on any atom is -0.480 e. The number of carboxylic acid groups (broad SMARTS) is 1. The highest BCUT2D eigenvalue weighted by Crippen LogP contribution is 2.32. The molecular formula is C12H13N5O3. The second kappa shape index (κ2) is 4.55. The van der Waals surface area contributed by atoms with E-state index in [2.05, 4.69) is 20.4 Å². The maximum atomic E-state index is 12.2. The molecule has 0 spiro atoms. The van der Waals surface area contributed by atoms with Crippen LogP contribution in [0.5, 0.6) is 0 Å². The molecule has 8 heteroatoms. The Hall–Kier alpha value is -2.51. The highest BCUT2D eigenvalue weighted by atomic mass is 16.4. The number of carboxylic acids is 1. The van der Waals surface area contributed by atoms with Crippen molar-refractivity contribution in [3.8, 4) is 0 Å². The molecule has 2 heterocycles. The standard InChI is InChI=1S/C12H13N5O3/c1-6-8(4-13-12-14-5-15-17(6)12)10(18)16-9(11(19)20)7-2-3-7/h4-5,7,9H,2-3H2,1H3,(H,16,18)(H,19,20). The van der Waals surface area contributed by atoms with Crippen LogP contribution in [0.1, 0.15) is 28.9 Å². The summed E-state index contributed by atoms with van der Waals surface area (Å²) in [5.41, 5.74) is 0.875. The van der Waals surface area contributed by atoms with Crippen molar-refractivity contribution in [3.05, 3.63) is 23.8 Å². The Bertz CT molecular complexity index is 691. The zero-order valence-corrected chi connectivity index (χ0v) is 10.8. The molecule has 1 fully saturated rings. The average Bonchev–Trinajstić information content (AvgIpc) is 3.12. The van der Waals surface area contributed by atoms with Gasteiger partial charge in [-0.3, -0.25) is 4.79 Å². The molecule has 0 saturated heterocycles. The first-order chi connectivity index (χ1) is 9.58. The zero-order valence-electron chi connectivity index (χ0n) is 10.8. The highest BCUT2D eigenvalue weighted by molar-refractivity contribution is 5.97. The number of carbonyl (C=O) groups is 2. The van der Waals surface area contributed by atoms with Crippen LogP contribution in [-0.4, -0.2) is 42.6 Å². The summed E-state index contributed by atoms with van der Waals surface area (Å²) in [6.07, 6.45) is 4.40. The minimum atomic E-state index is -1.01. The number of hydrogen-bond donors (Lipinski definition) is 2. The van der Waals surface area contributed by atoms with Crippen molar-refractivity contribution in [2.75, 3.05) is 0 Å².